The molecule has 3 nitrogen and oxygen atoms in total. The van der Waals surface area contributed by atoms with Crippen molar-refractivity contribution in [3.05, 3.63) is 29.8 Å². The molecule has 0 saturated carbocycles. The first-order valence-corrected chi connectivity index (χ1v) is 5.59. The monoisotopic (exact) mass is 223 g/mol. The van der Waals surface area contributed by atoms with E-state index in [-0.39, 0.29) is 0 Å². The maximum Gasteiger partial charge on any atom is 0.0791 e. The summed E-state index contributed by atoms with van der Waals surface area (Å²) in [6, 6.07) is 8.00. The van der Waals surface area contributed by atoms with E-state index in [1.165, 1.54) is 0 Å². The van der Waals surface area contributed by atoms with Crippen molar-refractivity contribution in [2.75, 3.05) is 32.7 Å². The molecular weight excluding hydrogens is 202 g/mol. The Balaban J connectivity index is 2.60. The van der Waals surface area contributed by atoms with Crippen LogP contribution in [0.3, 0.4) is 0 Å². The number of anilines is 1. The van der Waals surface area contributed by atoms with Gasteiger partial charge in [0.2, 0.25) is 0 Å². The zero-order valence-electron chi connectivity index (χ0n) is 10.3. The van der Waals surface area contributed by atoms with Crippen LogP contribution in [0.25, 0.3) is 0 Å². The van der Waals surface area contributed by atoms with Gasteiger partial charge in [-0.3, -0.25) is 0 Å². The molecule has 90 valence electrons. The van der Waals surface area contributed by atoms with Gasteiger partial charge in [-0.05, 0) is 30.5 Å². The normalized spacial score (nSPS) is 12.5. The molecule has 1 rings (SSSR count). The zero-order chi connectivity index (χ0) is 12.0. The van der Waals surface area contributed by atoms with Crippen molar-refractivity contribution in [2.24, 2.45) is 0 Å². The van der Waals surface area contributed by atoms with E-state index in [4.69, 9.17) is 4.74 Å². The molecule has 1 unspecified atom stereocenters. The maximum atomic E-state index is 9.98. The zero-order valence-corrected chi connectivity index (χ0v) is 10.3. The van der Waals surface area contributed by atoms with Crippen molar-refractivity contribution >= 4 is 5.69 Å². The number of ether oxygens (including phenoxy) is 1. The highest BCUT2D eigenvalue weighted by atomic mass is 16.5. The van der Waals surface area contributed by atoms with Gasteiger partial charge in [-0.15, -0.1) is 0 Å². The van der Waals surface area contributed by atoms with E-state index in [1.807, 2.05) is 43.3 Å². The Morgan fingerprint density at radius 1 is 1.38 bits per heavy atom. The van der Waals surface area contributed by atoms with E-state index >= 15 is 0 Å². The largest absolute Gasteiger partial charge is 0.388 e. The summed E-state index contributed by atoms with van der Waals surface area (Å²) in [6.07, 6.45) is 1.23. The molecule has 0 aliphatic rings. The molecule has 1 N–H and O–H groups in total. The average molecular weight is 223 g/mol. The highest BCUT2D eigenvalue weighted by Crippen LogP contribution is 2.22. The molecule has 3 heteroatoms. The fourth-order valence-corrected chi connectivity index (χ4v) is 1.60. The van der Waals surface area contributed by atoms with E-state index in [0.29, 0.717) is 6.61 Å². The van der Waals surface area contributed by atoms with Crippen LogP contribution < -0.4 is 4.90 Å². The summed E-state index contributed by atoms with van der Waals surface area (Å²) in [5.41, 5.74) is 2.09. The van der Waals surface area contributed by atoms with Gasteiger partial charge >= 0.3 is 0 Å². The molecule has 0 bridgehead atoms. The molecule has 1 aromatic carbocycles. The van der Waals surface area contributed by atoms with Gasteiger partial charge in [0.15, 0.2) is 0 Å². The molecule has 0 fully saturated rings. The van der Waals surface area contributed by atoms with Crippen molar-refractivity contribution in [2.45, 2.75) is 18.9 Å². The number of aliphatic hydroxyl groups excluding tert-OH is 1. The second-order valence-corrected chi connectivity index (χ2v) is 4.14. The van der Waals surface area contributed by atoms with Crippen molar-refractivity contribution in [1.29, 1.82) is 0 Å². The van der Waals surface area contributed by atoms with E-state index in [2.05, 4.69) is 0 Å². The Morgan fingerprint density at radius 2 is 2.12 bits per heavy atom. The Hall–Kier alpha value is -1.06. The third kappa shape index (κ3) is 3.83. The van der Waals surface area contributed by atoms with Crippen LogP contribution in [0.5, 0.6) is 0 Å². The molecule has 0 radical (unpaired) electrons. The lowest BCUT2D eigenvalue weighted by Gasteiger charge is -2.16. The standard InChI is InChI=1S/C13H21NO2/c1-14(2)12-7-4-6-11(10-12)13(15)8-5-9-16-3/h4,6-7,10,13,15H,5,8-9H2,1-3H3. The fraction of sp³-hybridized carbons (Fsp3) is 0.538. The van der Waals surface area contributed by atoms with E-state index < -0.39 is 6.10 Å². The fourth-order valence-electron chi connectivity index (χ4n) is 1.60. The van der Waals surface area contributed by atoms with E-state index in [0.717, 1.165) is 24.1 Å². The molecule has 0 saturated heterocycles. The van der Waals surface area contributed by atoms with Gasteiger partial charge in [0, 0.05) is 33.5 Å². The summed E-state index contributed by atoms with van der Waals surface area (Å²) in [5, 5.41) is 9.98. The van der Waals surface area contributed by atoms with Crippen LogP contribution in [-0.2, 0) is 4.74 Å². The van der Waals surface area contributed by atoms with Crippen LogP contribution in [0.15, 0.2) is 24.3 Å². The molecule has 0 spiro atoms. The average Bonchev–Trinajstić information content (AvgIpc) is 2.29. The van der Waals surface area contributed by atoms with Crippen LogP contribution in [0.1, 0.15) is 24.5 Å². The van der Waals surface area contributed by atoms with Gasteiger partial charge in [-0.2, -0.15) is 0 Å². The first-order valence-electron chi connectivity index (χ1n) is 5.59. The molecule has 0 aliphatic carbocycles. The Morgan fingerprint density at radius 3 is 2.75 bits per heavy atom. The minimum Gasteiger partial charge on any atom is -0.388 e. The highest BCUT2D eigenvalue weighted by Gasteiger charge is 2.08. The number of methoxy groups -OCH3 is 1. The van der Waals surface area contributed by atoms with Crippen LogP contribution in [0, 0.1) is 0 Å². The summed E-state index contributed by atoms with van der Waals surface area (Å²) < 4.78 is 4.97. The number of aliphatic hydroxyl groups is 1. The molecule has 0 aliphatic heterocycles. The van der Waals surface area contributed by atoms with E-state index in [9.17, 15) is 5.11 Å². The Kier molecular flexibility index (Phi) is 5.29. The first kappa shape index (κ1) is 13.0. The van der Waals surface area contributed by atoms with Crippen LogP contribution >= 0.6 is 0 Å². The Bertz CT molecular complexity index is 313. The number of benzene rings is 1. The van der Waals surface area contributed by atoms with Gasteiger partial charge in [0.25, 0.3) is 0 Å². The van der Waals surface area contributed by atoms with Gasteiger partial charge in [0.1, 0.15) is 0 Å². The van der Waals surface area contributed by atoms with Crippen molar-refractivity contribution in [3.8, 4) is 0 Å². The van der Waals surface area contributed by atoms with Crippen molar-refractivity contribution in [3.63, 3.8) is 0 Å². The lowest BCUT2D eigenvalue weighted by Crippen LogP contribution is -2.09. The molecular formula is C13H21NO2. The molecule has 0 amide bonds. The first-order chi connectivity index (χ1) is 7.65. The minimum absolute atomic E-state index is 0.393. The number of hydrogen-bond acceptors (Lipinski definition) is 3. The Labute approximate surface area is 97.7 Å². The molecule has 16 heavy (non-hydrogen) atoms. The summed E-state index contributed by atoms with van der Waals surface area (Å²) in [4.78, 5) is 2.03. The van der Waals surface area contributed by atoms with Crippen molar-refractivity contribution in [1.82, 2.24) is 0 Å². The molecule has 1 atom stereocenters. The maximum absolute atomic E-state index is 9.98. The molecule has 0 aromatic heterocycles. The lowest BCUT2D eigenvalue weighted by molar-refractivity contribution is 0.136. The van der Waals surface area contributed by atoms with Gasteiger partial charge < -0.3 is 14.7 Å². The van der Waals surface area contributed by atoms with Crippen LogP contribution in [-0.4, -0.2) is 32.9 Å². The van der Waals surface area contributed by atoms with Gasteiger partial charge in [-0.25, -0.2) is 0 Å². The molecule has 1 aromatic rings. The van der Waals surface area contributed by atoms with Crippen LogP contribution in [0.4, 0.5) is 5.69 Å². The summed E-state index contributed by atoms with van der Waals surface area (Å²) in [7, 11) is 5.67. The quantitative estimate of drug-likeness (QED) is 0.751. The van der Waals surface area contributed by atoms with Crippen molar-refractivity contribution < 1.29 is 9.84 Å². The predicted octanol–water partition coefficient (Wildman–Crippen LogP) is 2.21. The highest BCUT2D eigenvalue weighted by molar-refractivity contribution is 5.47. The number of rotatable bonds is 6. The van der Waals surface area contributed by atoms with Crippen LogP contribution in [0.2, 0.25) is 0 Å². The number of nitrogens with zero attached hydrogens (tertiary/aromatic N) is 1. The third-order valence-electron chi connectivity index (χ3n) is 2.60. The van der Waals surface area contributed by atoms with Gasteiger partial charge in [0.05, 0.1) is 6.10 Å². The summed E-state index contributed by atoms with van der Waals surface area (Å²) >= 11 is 0. The predicted molar refractivity (Wildman–Crippen MR) is 66.8 cm³/mol. The summed E-state index contributed by atoms with van der Waals surface area (Å²) in [6.45, 7) is 0.699. The number of hydrogen-bond donors (Lipinski definition) is 1. The minimum atomic E-state index is -0.393. The second-order valence-electron chi connectivity index (χ2n) is 4.14. The third-order valence-corrected chi connectivity index (χ3v) is 2.60. The van der Waals surface area contributed by atoms with E-state index in [1.54, 1.807) is 7.11 Å². The smallest absolute Gasteiger partial charge is 0.0791 e. The molecule has 0 heterocycles. The SMILES string of the molecule is COCCCC(O)c1cccc(N(C)C)c1. The lowest BCUT2D eigenvalue weighted by atomic mass is 10.0. The second kappa shape index (κ2) is 6.51. The topological polar surface area (TPSA) is 32.7 Å². The summed E-state index contributed by atoms with van der Waals surface area (Å²) in [5.74, 6) is 0. The van der Waals surface area contributed by atoms with Gasteiger partial charge in [-0.1, -0.05) is 12.1 Å².